The first-order valence-electron chi connectivity index (χ1n) is 6.04. The topological polar surface area (TPSA) is 48.7 Å². The van der Waals surface area contributed by atoms with Crippen LogP contribution in [0.5, 0.6) is 0 Å². The lowest BCUT2D eigenvalue weighted by molar-refractivity contribution is -0.168. The van der Waals surface area contributed by atoms with Crippen molar-refractivity contribution in [2.24, 2.45) is 0 Å². The summed E-state index contributed by atoms with van der Waals surface area (Å²) in [5.41, 5.74) is 1.84. The standard InChI is InChI=1S/C12H14BrN3O2/c13-10-5-9(12-14-8-15-16(12)6-10)7-18-11-3-1-2-4-17-11/h5-6,8,11H,1-4,7H2. The van der Waals surface area contributed by atoms with Crippen molar-refractivity contribution in [2.45, 2.75) is 32.2 Å². The van der Waals surface area contributed by atoms with Gasteiger partial charge in [0.15, 0.2) is 11.9 Å². The van der Waals surface area contributed by atoms with E-state index in [2.05, 4.69) is 26.0 Å². The zero-order chi connectivity index (χ0) is 12.4. The fraction of sp³-hybridized carbons (Fsp3) is 0.500. The Morgan fingerprint density at radius 3 is 3.28 bits per heavy atom. The summed E-state index contributed by atoms with van der Waals surface area (Å²) in [5, 5.41) is 4.12. The predicted molar refractivity (Wildman–Crippen MR) is 69.1 cm³/mol. The van der Waals surface area contributed by atoms with Gasteiger partial charge in [0.25, 0.3) is 0 Å². The van der Waals surface area contributed by atoms with E-state index in [1.54, 1.807) is 10.8 Å². The van der Waals surface area contributed by atoms with Crippen molar-refractivity contribution in [3.8, 4) is 0 Å². The average Bonchev–Trinajstić information content (AvgIpc) is 2.85. The first-order valence-corrected chi connectivity index (χ1v) is 6.83. The van der Waals surface area contributed by atoms with E-state index < -0.39 is 0 Å². The van der Waals surface area contributed by atoms with E-state index >= 15 is 0 Å². The van der Waals surface area contributed by atoms with Gasteiger partial charge >= 0.3 is 0 Å². The molecular weight excluding hydrogens is 298 g/mol. The summed E-state index contributed by atoms with van der Waals surface area (Å²) in [4.78, 5) is 4.23. The third-order valence-electron chi connectivity index (χ3n) is 2.98. The molecule has 1 aliphatic heterocycles. The minimum atomic E-state index is -0.0827. The van der Waals surface area contributed by atoms with Gasteiger partial charge in [-0.1, -0.05) is 0 Å². The normalized spacial score (nSPS) is 20.4. The van der Waals surface area contributed by atoms with Crippen molar-refractivity contribution in [3.05, 3.63) is 28.6 Å². The first kappa shape index (κ1) is 12.1. The molecule has 0 saturated carbocycles. The van der Waals surface area contributed by atoms with Gasteiger partial charge < -0.3 is 9.47 Å². The van der Waals surface area contributed by atoms with Crippen LogP contribution in [0.3, 0.4) is 0 Å². The highest BCUT2D eigenvalue weighted by Crippen LogP contribution is 2.19. The molecule has 18 heavy (non-hydrogen) atoms. The molecule has 1 aliphatic rings. The molecule has 3 rings (SSSR count). The van der Waals surface area contributed by atoms with Gasteiger partial charge in [0.1, 0.15) is 6.33 Å². The molecular formula is C12H14BrN3O2. The molecule has 0 spiro atoms. The molecule has 6 heteroatoms. The number of fused-ring (bicyclic) bond motifs is 1. The molecule has 1 fully saturated rings. The molecule has 0 radical (unpaired) electrons. The Bertz CT molecular complexity index is 537. The fourth-order valence-electron chi connectivity index (χ4n) is 2.09. The Balaban J connectivity index is 1.75. The van der Waals surface area contributed by atoms with Crippen LogP contribution in [0, 0.1) is 0 Å². The van der Waals surface area contributed by atoms with Crippen molar-refractivity contribution in [3.63, 3.8) is 0 Å². The molecule has 1 saturated heterocycles. The van der Waals surface area contributed by atoms with Gasteiger partial charge in [-0.15, -0.1) is 0 Å². The number of aromatic nitrogens is 3. The van der Waals surface area contributed by atoms with E-state index in [-0.39, 0.29) is 6.29 Å². The fourth-order valence-corrected chi connectivity index (χ4v) is 2.56. The zero-order valence-electron chi connectivity index (χ0n) is 9.88. The van der Waals surface area contributed by atoms with Gasteiger partial charge in [0, 0.05) is 22.8 Å². The monoisotopic (exact) mass is 311 g/mol. The van der Waals surface area contributed by atoms with Crippen LogP contribution in [0.4, 0.5) is 0 Å². The van der Waals surface area contributed by atoms with E-state index in [0.29, 0.717) is 6.61 Å². The number of ether oxygens (including phenoxy) is 2. The highest BCUT2D eigenvalue weighted by molar-refractivity contribution is 9.10. The predicted octanol–water partition coefficient (Wildman–Crippen LogP) is 2.54. The first-order chi connectivity index (χ1) is 8.83. The van der Waals surface area contributed by atoms with Crippen LogP contribution in [-0.2, 0) is 16.1 Å². The van der Waals surface area contributed by atoms with E-state index in [1.807, 2.05) is 12.3 Å². The number of hydrogen-bond acceptors (Lipinski definition) is 4. The smallest absolute Gasteiger partial charge is 0.160 e. The Kier molecular flexibility index (Phi) is 3.58. The maximum Gasteiger partial charge on any atom is 0.160 e. The molecule has 0 amide bonds. The lowest BCUT2D eigenvalue weighted by Crippen LogP contribution is -2.22. The highest BCUT2D eigenvalue weighted by atomic mass is 79.9. The van der Waals surface area contributed by atoms with Crippen LogP contribution in [0.2, 0.25) is 0 Å². The van der Waals surface area contributed by atoms with Crippen LogP contribution in [0.1, 0.15) is 24.8 Å². The zero-order valence-corrected chi connectivity index (χ0v) is 11.5. The summed E-state index contributed by atoms with van der Waals surface area (Å²) in [6.07, 6.45) is 6.61. The minimum Gasteiger partial charge on any atom is -0.353 e. The van der Waals surface area contributed by atoms with Crippen molar-refractivity contribution < 1.29 is 9.47 Å². The molecule has 2 aromatic rings. The van der Waals surface area contributed by atoms with Crippen LogP contribution in [-0.4, -0.2) is 27.5 Å². The molecule has 3 heterocycles. The second-order valence-electron chi connectivity index (χ2n) is 4.32. The highest BCUT2D eigenvalue weighted by Gasteiger charge is 2.15. The summed E-state index contributed by atoms with van der Waals surface area (Å²) >= 11 is 3.46. The summed E-state index contributed by atoms with van der Waals surface area (Å²) in [7, 11) is 0. The molecule has 96 valence electrons. The lowest BCUT2D eigenvalue weighted by atomic mass is 10.2. The minimum absolute atomic E-state index is 0.0827. The molecule has 0 aromatic carbocycles. The van der Waals surface area contributed by atoms with Crippen molar-refractivity contribution in [1.29, 1.82) is 0 Å². The van der Waals surface area contributed by atoms with Crippen molar-refractivity contribution >= 4 is 21.6 Å². The van der Waals surface area contributed by atoms with Gasteiger partial charge in [-0.3, -0.25) is 0 Å². The molecule has 1 unspecified atom stereocenters. The van der Waals surface area contributed by atoms with E-state index in [9.17, 15) is 0 Å². The van der Waals surface area contributed by atoms with Gasteiger partial charge in [-0.05, 0) is 41.3 Å². The van der Waals surface area contributed by atoms with Gasteiger partial charge in [0.2, 0.25) is 0 Å². The quantitative estimate of drug-likeness (QED) is 0.874. The molecule has 0 N–H and O–H groups in total. The van der Waals surface area contributed by atoms with Crippen LogP contribution < -0.4 is 0 Å². The van der Waals surface area contributed by atoms with Gasteiger partial charge in [-0.2, -0.15) is 5.10 Å². The summed E-state index contributed by atoms with van der Waals surface area (Å²) in [6.45, 7) is 1.29. The Labute approximate surface area is 113 Å². The molecule has 1 atom stereocenters. The second kappa shape index (κ2) is 5.34. The molecule has 2 aromatic heterocycles. The largest absolute Gasteiger partial charge is 0.353 e. The summed E-state index contributed by atoms with van der Waals surface area (Å²) in [6, 6.07) is 2.01. The Morgan fingerprint density at radius 1 is 1.50 bits per heavy atom. The van der Waals surface area contributed by atoms with Crippen molar-refractivity contribution in [2.75, 3.05) is 6.61 Å². The van der Waals surface area contributed by atoms with E-state index in [0.717, 1.165) is 35.1 Å². The number of rotatable bonds is 3. The SMILES string of the molecule is Brc1cc(COC2CCCCO2)c2ncnn2c1. The third-order valence-corrected chi connectivity index (χ3v) is 3.41. The van der Waals surface area contributed by atoms with E-state index in [4.69, 9.17) is 9.47 Å². The second-order valence-corrected chi connectivity index (χ2v) is 5.23. The summed E-state index contributed by atoms with van der Waals surface area (Å²) < 4.78 is 14.0. The third kappa shape index (κ3) is 2.55. The lowest BCUT2D eigenvalue weighted by Gasteiger charge is -2.22. The maximum atomic E-state index is 5.78. The molecule has 0 aliphatic carbocycles. The Hall–Kier alpha value is -0.980. The van der Waals surface area contributed by atoms with Crippen molar-refractivity contribution in [1.82, 2.24) is 14.6 Å². The average molecular weight is 312 g/mol. The number of pyridine rings is 1. The number of halogens is 1. The number of nitrogens with zero attached hydrogens (tertiary/aromatic N) is 3. The van der Waals surface area contributed by atoms with Gasteiger partial charge in [-0.25, -0.2) is 9.50 Å². The van der Waals surface area contributed by atoms with E-state index in [1.165, 1.54) is 6.42 Å². The molecule has 5 nitrogen and oxygen atoms in total. The molecule has 0 bridgehead atoms. The van der Waals surface area contributed by atoms with Crippen LogP contribution >= 0.6 is 15.9 Å². The summed E-state index contributed by atoms with van der Waals surface area (Å²) in [5.74, 6) is 0. The van der Waals surface area contributed by atoms with Gasteiger partial charge in [0.05, 0.1) is 6.61 Å². The van der Waals surface area contributed by atoms with Crippen LogP contribution in [0.15, 0.2) is 23.1 Å². The maximum absolute atomic E-state index is 5.78. The Morgan fingerprint density at radius 2 is 2.44 bits per heavy atom. The number of hydrogen-bond donors (Lipinski definition) is 0. The van der Waals surface area contributed by atoms with Crippen LogP contribution in [0.25, 0.3) is 5.65 Å².